The number of quaternary nitrogens is 1. The van der Waals surface area contributed by atoms with E-state index < -0.39 is 0 Å². The minimum Gasteiger partial charge on any atom is -0.360 e. The summed E-state index contributed by atoms with van der Waals surface area (Å²) in [6.07, 6.45) is 0. The van der Waals surface area contributed by atoms with Gasteiger partial charge in [0.2, 0.25) is 5.78 Å². The molecule has 2 heterocycles. The van der Waals surface area contributed by atoms with Crippen LogP contribution in [0.2, 0.25) is 0 Å². The molecule has 144 valence electrons. The maximum absolute atomic E-state index is 13.1. The second-order valence-electron chi connectivity index (χ2n) is 7.70. The summed E-state index contributed by atoms with van der Waals surface area (Å²) >= 11 is 0. The van der Waals surface area contributed by atoms with Crippen molar-refractivity contribution in [3.8, 4) is 0 Å². The molecule has 1 atom stereocenters. The summed E-state index contributed by atoms with van der Waals surface area (Å²) in [5.41, 5.74) is 5.41. The summed E-state index contributed by atoms with van der Waals surface area (Å²) in [4.78, 5) is 31.8. The number of para-hydroxylation sites is 1. The van der Waals surface area contributed by atoms with Gasteiger partial charge in [0.25, 0.3) is 0 Å². The largest absolute Gasteiger partial charge is 0.360 e. The number of aromatic nitrogens is 1. The Balaban J connectivity index is 1.70. The van der Waals surface area contributed by atoms with Gasteiger partial charge in [-0.1, -0.05) is 18.2 Å². The van der Waals surface area contributed by atoms with Crippen LogP contribution >= 0.6 is 0 Å². The quantitative estimate of drug-likeness (QED) is 0.795. The molecular weight excluding hydrogens is 338 g/mol. The van der Waals surface area contributed by atoms with Gasteiger partial charge in [0.05, 0.1) is 31.9 Å². The van der Waals surface area contributed by atoms with Gasteiger partial charge in [0.15, 0.2) is 11.8 Å². The fraction of sp³-hybridized carbons (Fsp3) is 0.455. The predicted octanol–water partition coefficient (Wildman–Crippen LogP) is 2.12. The molecular formula is C22H30N3O2+. The van der Waals surface area contributed by atoms with E-state index in [4.69, 9.17) is 0 Å². The zero-order valence-electron chi connectivity index (χ0n) is 17.0. The highest BCUT2D eigenvalue weighted by molar-refractivity contribution is 6.04. The van der Waals surface area contributed by atoms with Crippen LogP contribution in [0.25, 0.3) is 0 Å². The first-order chi connectivity index (χ1) is 12.8. The summed E-state index contributed by atoms with van der Waals surface area (Å²) in [7, 11) is 0. The molecule has 0 spiro atoms. The lowest BCUT2D eigenvalue weighted by Gasteiger charge is -2.36. The first kappa shape index (κ1) is 19.4. The summed E-state index contributed by atoms with van der Waals surface area (Å²) < 4.78 is 0. The number of nitrogens with zero attached hydrogens (tertiary/aromatic N) is 1. The highest BCUT2D eigenvalue weighted by Crippen LogP contribution is 2.20. The van der Waals surface area contributed by atoms with Crippen LogP contribution in [0.5, 0.6) is 0 Å². The van der Waals surface area contributed by atoms with Crippen molar-refractivity contribution in [2.24, 2.45) is 0 Å². The number of benzene rings is 1. The molecule has 0 bridgehead atoms. The smallest absolute Gasteiger partial charge is 0.235 e. The molecule has 27 heavy (non-hydrogen) atoms. The van der Waals surface area contributed by atoms with E-state index in [9.17, 15) is 9.59 Å². The van der Waals surface area contributed by atoms with Crippen molar-refractivity contribution in [2.45, 2.75) is 40.7 Å². The molecule has 0 amide bonds. The Hall–Kier alpha value is -2.40. The summed E-state index contributed by atoms with van der Waals surface area (Å²) in [5, 5.41) is 0. The van der Waals surface area contributed by atoms with Crippen molar-refractivity contribution < 1.29 is 14.5 Å². The van der Waals surface area contributed by atoms with E-state index in [0.717, 1.165) is 37.4 Å². The third kappa shape index (κ3) is 3.69. The lowest BCUT2D eigenvalue weighted by molar-refractivity contribution is -0.914. The number of nitrogens with one attached hydrogen (secondary N) is 2. The van der Waals surface area contributed by atoms with Gasteiger partial charge in [-0.25, -0.2) is 0 Å². The number of Topliss-reactive ketones (excluding diaryl/α,β-unsaturated/α-hetero) is 2. The lowest BCUT2D eigenvalue weighted by atomic mass is 10.0. The van der Waals surface area contributed by atoms with E-state index in [2.05, 4.69) is 41.1 Å². The number of hydrogen-bond donors (Lipinski definition) is 2. The van der Waals surface area contributed by atoms with E-state index in [1.165, 1.54) is 16.2 Å². The molecule has 0 saturated carbocycles. The van der Waals surface area contributed by atoms with Crippen LogP contribution in [0.15, 0.2) is 24.3 Å². The van der Waals surface area contributed by atoms with Crippen LogP contribution in [0.4, 0.5) is 5.69 Å². The molecule has 2 N–H and O–H groups in total. The van der Waals surface area contributed by atoms with Gasteiger partial charge in [0, 0.05) is 16.9 Å². The minimum absolute atomic E-state index is 0.00662. The zero-order chi connectivity index (χ0) is 19.7. The molecule has 1 aromatic heterocycles. The van der Waals surface area contributed by atoms with Crippen molar-refractivity contribution in [1.82, 2.24) is 4.98 Å². The maximum atomic E-state index is 13.1. The Labute approximate surface area is 161 Å². The Morgan fingerprint density at radius 1 is 1.11 bits per heavy atom. The highest BCUT2D eigenvalue weighted by atomic mass is 16.1. The molecule has 0 aliphatic carbocycles. The van der Waals surface area contributed by atoms with Crippen LogP contribution in [0.1, 0.15) is 51.5 Å². The van der Waals surface area contributed by atoms with Gasteiger partial charge in [-0.05, 0) is 51.8 Å². The van der Waals surface area contributed by atoms with Crippen molar-refractivity contribution in [3.05, 3.63) is 52.3 Å². The molecule has 0 radical (unpaired) electrons. The number of ketones is 2. The van der Waals surface area contributed by atoms with Crippen LogP contribution < -0.4 is 9.80 Å². The van der Waals surface area contributed by atoms with Crippen LogP contribution in [0.3, 0.4) is 0 Å². The van der Waals surface area contributed by atoms with Crippen molar-refractivity contribution >= 4 is 17.3 Å². The van der Waals surface area contributed by atoms with E-state index >= 15 is 0 Å². The number of piperazine rings is 1. The Kier molecular flexibility index (Phi) is 5.51. The monoisotopic (exact) mass is 368 g/mol. The Morgan fingerprint density at radius 2 is 1.74 bits per heavy atom. The van der Waals surface area contributed by atoms with E-state index in [-0.39, 0.29) is 17.6 Å². The van der Waals surface area contributed by atoms with Crippen LogP contribution in [-0.2, 0) is 0 Å². The molecule has 0 unspecified atom stereocenters. The molecule has 1 aliphatic heterocycles. The average molecular weight is 369 g/mol. The number of aromatic amines is 1. The van der Waals surface area contributed by atoms with Crippen molar-refractivity contribution in [1.29, 1.82) is 0 Å². The fourth-order valence-corrected chi connectivity index (χ4v) is 4.31. The fourth-order valence-electron chi connectivity index (χ4n) is 4.31. The molecule has 3 rings (SSSR count). The van der Waals surface area contributed by atoms with E-state index in [1.54, 1.807) is 6.92 Å². The van der Waals surface area contributed by atoms with Gasteiger partial charge < -0.3 is 14.8 Å². The second-order valence-corrected chi connectivity index (χ2v) is 7.70. The predicted molar refractivity (Wildman–Crippen MR) is 108 cm³/mol. The number of H-pyrrole nitrogens is 1. The van der Waals surface area contributed by atoms with Gasteiger partial charge in [-0.15, -0.1) is 0 Å². The first-order valence-corrected chi connectivity index (χ1v) is 9.70. The number of anilines is 1. The van der Waals surface area contributed by atoms with Gasteiger partial charge in [-0.3, -0.25) is 9.59 Å². The lowest BCUT2D eigenvalue weighted by Crippen LogP contribution is -3.18. The zero-order valence-corrected chi connectivity index (χ0v) is 17.0. The molecule has 1 saturated heterocycles. The molecule has 1 fully saturated rings. The maximum Gasteiger partial charge on any atom is 0.235 e. The molecule has 1 aliphatic rings. The summed E-state index contributed by atoms with van der Waals surface area (Å²) in [6, 6.07) is 8.33. The van der Waals surface area contributed by atoms with Gasteiger partial charge in [-0.2, -0.15) is 0 Å². The van der Waals surface area contributed by atoms with Crippen LogP contribution in [0, 0.1) is 20.8 Å². The second kappa shape index (κ2) is 7.69. The highest BCUT2D eigenvalue weighted by Gasteiger charge is 2.32. The standard InChI is InChI=1S/C22H29N3O2/c1-14-8-6-7-9-19(14)25-12-10-24(11-13-25)17(4)22(27)21-15(2)20(18(5)26)16(3)23-21/h6-9,17,23H,10-13H2,1-5H3/p+1/t17-/m0/s1. The SMILES string of the molecule is CC(=O)c1c(C)[nH]c(C(=O)[C@H](C)[NH+]2CCN(c3ccccc3C)CC2)c1C. The third-order valence-corrected chi connectivity index (χ3v) is 5.90. The number of carbonyl (C=O) groups excluding carboxylic acids is 2. The first-order valence-electron chi connectivity index (χ1n) is 9.70. The van der Waals surface area contributed by atoms with Crippen molar-refractivity contribution in [3.63, 3.8) is 0 Å². The summed E-state index contributed by atoms with van der Waals surface area (Å²) in [5.74, 6) is 0.106. The number of hydrogen-bond acceptors (Lipinski definition) is 3. The molecule has 5 heteroatoms. The normalized spacial score (nSPS) is 16.4. The summed E-state index contributed by atoms with van der Waals surface area (Å²) in [6.45, 7) is 13.2. The third-order valence-electron chi connectivity index (χ3n) is 5.90. The molecule has 5 nitrogen and oxygen atoms in total. The topological polar surface area (TPSA) is 57.6 Å². The number of rotatable bonds is 5. The molecule has 2 aromatic rings. The number of carbonyl (C=O) groups is 2. The minimum atomic E-state index is -0.124. The van der Waals surface area contributed by atoms with Gasteiger partial charge in [0.1, 0.15) is 0 Å². The van der Waals surface area contributed by atoms with E-state index in [1.807, 2.05) is 20.8 Å². The Morgan fingerprint density at radius 3 is 2.30 bits per heavy atom. The van der Waals surface area contributed by atoms with E-state index in [0.29, 0.717) is 11.3 Å². The Bertz CT molecular complexity index is 860. The molecule has 1 aromatic carbocycles. The number of aryl methyl sites for hydroxylation is 2. The van der Waals surface area contributed by atoms with Crippen LogP contribution in [-0.4, -0.2) is 48.8 Å². The average Bonchev–Trinajstić information content (AvgIpc) is 2.95. The van der Waals surface area contributed by atoms with Gasteiger partial charge >= 0.3 is 0 Å². The van der Waals surface area contributed by atoms with Crippen molar-refractivity contribution in [2.75, 3.05) is 31.1 Å².